The number of amides is 1. The average Bonchev–Trinajstić information content (AvgIpc) is 3.20. The topological polar surface area (TPSA) is 59.5 Å². The number of nitrogens with zero attached hydrogens (tertiary/aromatic N) is 2. The Morgan fingerprint density at radius 1 is 1.23 bits per heavy atom. The molecule has 1 amide bonds. The minimum Gasteiger partial charge on any atom is -0.464 e. The minimum atomic E-state index is -0.0685. The zero-order valence-corrected chi connectivity index (χ0v) is 15.3. The molecular weight excluding hydrogens is 350 g/mol. The van der Waals surface area contributed by atoms with Gasteiger partial charge in [-0.05, 0) is 37.1 Å². The molecule has 4 aromatic rings. The monoisotopic (exact) mass is 367 g/mol. The van der Waals surface area contributed by atoms with Crippen LogP contribution in [0.15, 0.2) is 47.3 Å². The van der Waals surface area contributed by atoms with Gasteiger partial charge in [0.05, 0.1) is 29.9 Å². The normalized spacial score (nSPS) is 11.3. The summed E-state index contributed by atoms with van der Waals surface area (Å²) in [4.78, 5) is 16.8. The summed E-state index contributed by atoms with van der Waals surface area (Å²) in [6.45, 7) is 4.44. The molecule has 0 bridgehead atoms. The summed E-state index contributed by atoms with van der Waals surface area (Å²) in [5, 5.41) is 4.55. The number of benzene rings is 1. The van der Waals surface area contributed by atoms with Crippen molar-refractivity contribution in [1.29, 1.82) is 0 Å². The van der Waals surface area contributed by atoms with Gasteiger partial charge in [-0.2, -0.15) is 0 Å². The molecule has 3 heterocycles. The highest BCUT2D eigenvalue weighted by Gasteiger charge is 2.13. The van der Waals surface area contributed by atoms with E-state index in [2.05, 4.69) is 16.4 Å². The molecule has 3 aromatic heterocycles. The number of nitrogens with one attached hydrogen (secondary N) is 1. The van der Waals surface area contributed by atoms with Crippen molar-refractivity contribution < 1.29 is 9.21 Å². The number of halogens is 1. The molecule has 4 rings (SSSR count). The van der Waals surface area contributed by atoms with Crippen LogP contribution in [-0.4, -0.2) is 15.3 Å². The lowest BCUT2D eigenvalue weighted by molar-refractivity contribution is -0.120. The third kappa shape index (κ3) is 3.06. The van der Waals surface area contributed by atoms with Gasteiger partial charge in [-0.1, -0.05) is 23.7 Å². The SMILES string of the molecule is Cc1ccc2c(CC(=O)NCc3cn4cc(Cl)ccc4n3)coc2c1C. The van der Waals surface area contributed by atoms with Gasteiger partial charge in [0.25, 0.3) is 0 Å². The summed E-state index contributed by atoms with van der Waals surface area (Å²) in [5.41, 5.74) is 5.61. The van der Waals surface area contributed by atoms with Crippen LogP contribution in [-0.2, 0) is 17.8 Å². The number of furan rings is 1. The maximum absolute atomic E-state index is 12.3. The highest BCUT2D eigenvalue weighted by Crippen LogP contribution is 2.26. The van der Waals surface area contributed by atoms with Crippen LogP contribution in [0.5, 0.6) is 0 Å². The Morgan fingerprint density at radius 2 is 2.08 bits per heavy atom. The highest BCUT2D eigenvalue weighted by molar-refractivity contribution is 6.30. The molecule has 6 heteroatoms. The lowest BCUT2D eigenvalue weighted by atomic mass is 10.0. The molecule has 26 heavy (non-hydrogen) atoms. The summed E-state index contributed by atoms with van der Waals surface area (Å²) in [7, 11) is 0. The molecule has 0 radical (unpaired) electrons. The summed E-state index contributed by atoms with van der Waals surface area (Å²) in [5.74, 6) is -0.0685. The molecule has 5 nitrogen and oxygen atoms in total. The van der Waals surface area contributed by atoms with Crippen LogP contribution in [0.1, 0.15) is 22.4 Å². The van der Waals surface area contributed by atoms with E-state index in [4.69, 9.17) is 16.0 Å². The first-order valence-electron chi connectivity index (χ1n) is 8.37. The number of carbonyl (C=O) groups is 1. The molecule has 0 saturated heterocycles. The average molecular weight is 368 g/mol. The quantitative estimate of drug-likeness (QED) is 0.587. The number of imidazole rings is 1. The van der Waals surface area contributed by atoms with Gasteiger partial charge < -0.3 is 14.1 Å². The fraction of sp³-hybridized carbons (Fsp3) is 0.200. The Balaban J connectivity index is 1.46. The van der Waals surface area contributed by atoms with E-state index in [0.29, 0.717) is 11.6 Å². The van der Waals surface area contributed by atoms with Crippen molar-refractivity contribution in [1.82, 2.24) is 14.7 Å². The van der Waals surface area contributed by atoms with Crippen LogP contribution in [0, 0.1) is 13.8 Å². The number of hydrogen-bond donors (Lipinski definition) is 1. The minimum absolute atomic E-state index is 0.0685. The summed E-state index contributed by atoms with van der Waals surface area (Å²) >= 11 is 5.98. The highest BCUT2D eigenvalue weighted by atomic mass is 35.5. The van der Waals surface area contributed by atoms with E-state index in [1.807, 2.05) is 36.6 Å². The Kier molecular flexibility index (Phi) is 4.17. The smallest absolute Gasteiger partial charge is 0.224 e. The van der Waals surface area contributed by atoms with Crippen LogP contribution in [0.3, 0.4) is 0 Å². The van der Waals surface area contributed by atoms with Gasteiger partial charge in [0.15, 0.2) is 0 Å². The van der Waals surface area contributed by atoms with E-state index in [1.165, 1.54) is 5.56 Å². The Hall–Kier alpha value is -2.79. The predicted molar refractivity (Wildman–Crippen MR) is 101 cm³/mol. The van der Waals surface area contributed by atoms with E-state index in [0.717, 1.165) is 33.4 Å². The van der Waals surface area contributed by atoms with E-state index >= 15 is 0 Å². The molecule has 0 fully saturated rings. The van der Waals surface area contributed by atoms with Crippen LogP contribution >= 0.6 is 11.6 Å². The van der Waals surface area contributed by atoms with Crippen molar-refractivity contribution in [2.24, 2.45) is 0 Å². The number of aryl methyl sites for hydroxylation is 2. The summed E-state index contributed by atoms with van der Waals surface area (Å²) in [6.07, 6.45) is 5.59. The van der Waals surface area contributed by atoms with Gasteiger partial charge >= 0.3 is 0 Å². The van der Waals surface area contributed by atoms with Gasteiger partial charge in [-0.15, -0.1) is 0 Å². The first-order valence-corrected chi connectivity index (χ1v) is 8.75. The first kappa shape index (κ1) is 16.7. The predicted octanol–water partition coefficient (Wildman–Crippen LogP) is 4.21. The summed E-state index contributed by atoms with van der Waals surface area (Å²) in [6, 6.07) is 7.70. The molecule has 0 aliphatic heterocycles. The third-order valence-corrected chi connectivity index (χ3v) is 4.85. The van der Waals surface area contributed by atoms with Crippen LogP contribution in [0.2, 0.25) is 5.02 Å². The fourth-order valence-electron chi connectivity index (χ4n) is 3.05. The maximum Gasteiger partial charge on any atom is 0.224 e. The number of carbonyl (C=O) groups excluding carboxylic acids is 1. The molecule has 1 aromatic carbocycles. The molecule has 0 atom stereocenters. The third-order valence-electron chi connectivity index (χ3n) is 4.62. The Bertz CT molecular complexity index is 1130. The van der Waals surface area contributed by atoms with Crippen LogP contribution in [0.25, 0.3) is 16.6 Å². The van der Waals surface area contributed by atoms with Gasteiger partial charge in [-0.25, -0.2) is 4.98 Å². The number of hydrogen-bond acceptors (Lipinski definition) is 3. The second-order valence-electron chi connectivity index (χ2n) is 6.44. The lowest BCUT2D eigenvalue weighted by Crippen LogP contribution is -2.24. The van der Waals surface area contributed by atoms with Crippen molar-refractivity contribution in [2.45, 2.75) is 26.8 Å². The molecular formula is C20H18ClN3O2. The van der Waals surface area contributed by atoms with Crippen molar-refractivity contribution in [3.63, 3.8) is 0 Å². The maximum atomic E-state index is 12.3. The second-order valence-corrected chi connectivity index (χ2v) is 6.88. The Labute approximate surface area is 155 Å². The fourth-order valence-corrected chi connectivity index (χ4v) is 3.22. The number of rotatable bonds is 4. The van der Waals surface area contributed by atoms with Gasteiger partial charge in [0, 0.05) is 23.3 Å². The van der Waals surface area contributed by atoms with Crippen molar-refractivity contribution in [2.75, 3.05) is 0 Å². The molecule has 132 valence electrons. The molecule has 0 saturated carbocycles. The zero-order valence-electron chi connectivity index (χ0n) is 14.5. The number of fused-ring (bicyclic) bond motifs is 2. The molecule has 0 aliphatic rings. The van der Waals surface area contributed by atoms with Crippen molar-refractivity contribution in [3.05, 3.63) is 70.3 Å². The molecule has 0 unspecified atom stereocenters. The van der Waals surface area contributed by atoms with E-state index in [-0.39, 0.29) is 12.3 Å². The van der Waals surface area contributed by atoms with E-state index in [9.17, 15) is 4.79 Å². The molecule has 0 aliphatic carbocycles. The summed E-state index contributed by atoms with van der Waals surface area (Å²) < 4.78 is 7.51. The number of aromatic nitrogens is 2. The lowest BCUT2D eigenvalue weighted by Gasteiger charge is -2.03. The Morgan fingerprint density at radius 3 is 2.92 bits per heavy atom. The van der Waals surface area contributed by atoms with Gasteiger partial charge in [0.2, 0.25) is 5.91 Å². The second kappa shape index (κ2) is 6.50. The van der Waals surface area contributed by atoms with Gasteiger partial charge in [0.1, 0.15) is 11.2 Å². The number of pyridine rings is 1. The van der Waals surface area contributed by atoms with Crippen LogP contribution < -0.4 is 5.32 Å². The van der Waals surface area contributed by atoms with Crippen LogP contribution in [0.4, 0.5) is 0 Å². The standard InChI is InChI=1S/C20H18ClN3O2/c1-12-3-5-17-14(11-26-20(17)13(12)2)7-19(25)22-8-16-10-24-9-15(21)4-6-18(24)23-16/h3-6,9-11H,7-8H2,1-2H3,(H,22,25). The van der Waals surface area contributed by atoms with Crippen molar-refractivity contribution in [3.8, 4) is 0 Å². The molecule has 0 spiro atoms. The largest absolute Gasteiger partial charge is 0.464 e. The first-order chi connectivity index (χ1) is 12.5. The van der Waals surface area contributed by atoms with E-state index < -0.39 is 0 Å². The van der Waals surface area contributed by atoms with Gasteiger partial charge in [-0.3, -0.25) is 4.79 Å². The van der Waals surface area contributed by atoms with E-state index in [1.54, 1.807) is 18.5 Å². The molecule has 1 N–H and O–H groups in total. The zero-order chi connectivity index (χ0) is 18.3. The van der Waals surface area contributed by atoms with Crippen molar-refractivity contribution >= 4 is 34.1 Å².